The van der Waals surface area contributed by atoms with Gasteiger partial charge >= 0.3 is 0 Å². The van der Waals surface area contributed by atoms with Crippen molar-refractivity contribution in [1.29, 1.82) is 0 Å². The quantitative estimate of drug-likeness (QED) is 0.821. The summed E-state index contributed by atoms with van der Waals surface area (Å²) in [5, 5.41) is 5.37. The fraction of sp³-hybridized carbons (Fsp3) is 0.526. The Kier molecular flexibility index (Phi) is 6.46. The van der Waals surface area contributed by atoms with Crippen LogP contribution in [0, 0.1) is 5.92 Å². The number of benzene rings is 1. The minimum Gasteiger partial charge on any atom is -0.375 e. The molecule has 2 heterocycles. The molecule has 26 heavy (non-hydrogen) atoms. The number of nitrogens with zero attached hydrogens (tertiary/aromatic N) is 1. The fourth-order valence-electron chi connectivity index (χ4n) is 4.01. The Hall–Kier alpha value is -0.850. The lowest BCUT2D eigenvalue weighted by atomic mass is 9.82. The molecule has 1 N–H and O–H groups in total. The van der Waals surface area contributed by atoms with Crippen LogP contribution in [0.4, 0.5) is 0 Å². The molecule has 142 valence electrons. The summed E-state index contributed by atoms with van der Waals surface area (Å²) < 4.78 is 6.99. The van der Waals surface area contributed by atoms with Crippen LogP contribution < -0.4 is 5.32 Å². The topological polar surface area (TPSA) is 41.6 Å². The maximum absolute atomic E-state index is 12.9. The summed E-state index contributed by atoms with van der Waals surface area (Å²) in [7, 11) is 1.89. The lowest BCUT2D eigenvalue weighted by Crippen LogP contribution is -2.53. The molecule has 2 fully saturated rings. The molecule has 0 spiro atoms. The molecule has 4 rings (SSSR count). The fourth-order valence-corrected chi connectivity index (χ4v) is 5.55. The zero-order valence-corrected chi connectivity index (χ0v) is 17.1. The summed E-state index contributed by atoms with van der Waals surface area (Å²) in [6, 6.07) is 8.45. The van der Waals surface area contributed by atoms with Gasteiger partial charge in [0.1, 0.15) is 0 Å². The summed E-state index contributed by atoms with van der Waals surface area (Å²) in [6.45, 7) is 2.24. The molecule has 1 saturated heterocycles. The molecule has 7 heteroatoms. The molecule has 4 nitrogen and oxygen atoms in total. The first-order chi connectivity index (χ1) is 12.1. The molecule has 1 saturated carbocycles. The van der Waals surface area contributed by atoms with E-state index in [0.717, 1.165) is 47.7 Å². The van der Waals surface area contributed by atoms with E-state index in [1.54, 1.807) is 11.3 Å². The van der Waals surface area contributed by atoms with Crippen molar-refractivity contribution in [1.82, 2.24) is 10.2 Å². The molecule has 0 radical (unpaired) electrons. The number of thiophene rings is 1. The van der Waals surface area contributed by atoms with Crippen LogP contribution in [0.25, 0.3) is 10.1 Å². The van der Waals surface area contributed by atoms with Gasteiger partial charge in [0.2, 0.25) is 5.91 Å². The van der Waals surface area contributed by atoms with Gasteiger partial charge in [-0.1, -0.05) is 29.8 Å². The van der Waals surface area contributed by atoms with Crippen molar-refractivity contribution in [2.24, 2.45) is 5.92 Å². The molecular formula is C19H24Cl2N2O2S. The second kappa shape index (κ2) is 8.44. The largest absolute Gasteiger partial charge is 0.375 e. The Balaban J connectivity index is 0.00000196. The predicted octanol–water partition coefficient (Wildman–Crippen LogP) is 4.09. The second-order valence-electron chi connectivity index (χ2n) is 7.01. The summed E-state index contributed by atoms with van der Waals surface area (Å²) in [4.78, 5) is 15.8. The molecule has 3 atom stereocenters. The maximum Gasteiger partial charge on any atom is 0.225 e. The molecule has 1 aliphatic heterocycles. The van der Waals surface area contributed by atoms with Crippen LogP contribution in [0.15, 0.2) is 24.3 Å². The molecule has 1 aromatic carbocycles. The van der Waals surface area contributed by atoms with Crippen LogP contribution in [-0.4, -0.2) is 43.2 Å². The van der Waals surface area contributed by atoms with Crippen molar-refractivity contribution in [3.05, 3.63) is 34.2 Å². The average Bonchev–Trinajstić information content (AvgIpc) is 2.96. The van der Waals surface area contributed by atoms with Crippen LogP contribution >= 0.6 is 35.3 Å². The number of ether oxygens (including phenoxy) is 1. The maximum atomic E-state index is 12.9. The molecule has 1 aliphatic carbocycles. The van der Waals surface area contributed by atoms with Gasteiger partial charge in [-0.3, -0.25) is 4.79 Å². The van der Waals surface area contributed by atoms with Crippen LogP contribution in [0.2, 0.25) is 5.02 Å². The molecular weight excluding hydrogens is 391 g/mol. The lowest BCUT2D eigenvalue weighted by Gasteiger charge is -2.40. The van der Waals surface area contributed by atoms with Gasteiger partial charge in [0.15, 0.2) is 0 Å². The standard InChI is InChI=1S/C19H23ClN2O2S.ClH/c1-22(11-17-18(20)13-4-2-3-5-16(13)25-17)19(23)12-6-7-15-14(10-12)21-8-9-24-15;/h2-5,12,14-15,21H,6-11H2,1H3;1H/t12-,14+,15+;/m0./s1. The first-order valence-corrected chi connectivity index (χ1v) is 10.1. The monoisotopic (exact) mass is 414 g/mol. The zero-order chi connectivity index (χ0) is 17.4. The van der Waals surface area contributed by atoms with Gasteiger partial charge < -0.3 is 15.0 Å². The van der Waals surface area contributed by atoms with Crippen molar-refractivity contribution >= 4 is 51.3 Å². The second-order valence-corrected chi connectivity index (χ2v) is 8.52. The molecule has 1 amide bonds. The van der Waals surface area contributed by atoms with Gasteiger partial charge in [0.25, 0.3) is 0 Å². The number of halogens is 2. The van der Waals surface area contributed by atoms with Crippen molar-refractivity contribution in [2.45, 2.75) is 38.0 Å². The van der Waals surface area contributed by atoms with Crippen molar-refractivity contribution in [3.8, 4) is 0 Å². The number of nitrogens with one attached hydrogen (secondary N) is 1. The third-order valence-electron chi connectivity index (χ3n) is 5.34. The third-order valence-corrected chi connectivity index (χ3v) is 7.03. The van der Waals surface area contributed by atoms with Gasteiger partial charge in [-0.25, -0.2) is 0 Å². The summed E-state index contributed by atoms with van der Waals surface area (Å²) in [5.74, 6) is 0.299. The first kappa shape index (κ1) is 19.9. The van der Waals surface area contributed by atoms with E-state index in [9.17, 15) is 4.79 Å². The number of rotatable bonds is 3. The summed E-state index contributed by atoms with van der Waals surface area (Å²) in [6.07, 6.45) is 3.02. The Labute approximate surface area is 169 Å². The van der Waals surface area contributed by atoms with Crippen LogP contribution in [0.3, 0.4) is 0 Å². The Morgan fingerprint density at radius 1 is 1.38 bits per heavy atom. The minimum atomic E-state index is 0. The number of carbonyl (C=O) groups is 1. The molecule has 1 aromatic heterocycles. The van der Waals surface area contributed by atoms with Crippen molar-refractivity contribution < 1.29 is 9.53 Å². The third kappa shape index (κ3) is 3.87. The van der Waals surface area contributed by atoms with Gasteiger partial charge in [-0.2, -0.15) is 0 Å². The molecule has 0 bridgehead atoms. The normalized spacial score (nSPS) is 25.4. The van der Waals surface area contributed by atoms with E-state index >= 15 is 0 Å². The Bertz CT molecular complexity index is 782. The van der Waals surface area contributed by atoms with E-state index in [0.29, 0.717) is 12.6 Å². The molecule has 0 unspecified atom stereocenters. The summed E-state index contributed by atoms with van der Waals surface area (Å²) in [5.41, 5.74) is 0. The number of amides is 1. The van der Waals surface area contributed by atoms with E-state index in [-0.39, 0.29) is 30.3 Å². The van der Waals surface area contributed by atoms with Crippen LogP contribution in [0.5, 0.6) is 0 Å². The number of hydrogen-bond donors (Lipinski definition) is 1. The number of fused-ring (bicyclic) bond motifs is 2. The van der Waals surface area contributed by atoms with Crippen molar-refractivity contribution in [2.75, 3.05) is 20.2 Å². The molecule has 2 aromatic rings. The van der Waals surface area contributed by atoms with Crippen LogP contribution in [-0.2, 0) is 16.1 Å². The minimum absolute atomic E-state index is 0. The van der Waals surface area contributed by atoms with Crippen LogP contribution in [0.1, 0.15) is 24.1 Å². The highest BCUT2D eigenvalue weighted by Crippen LogP contribution is 2.36. The summed E-state index contributed by atoms with van der Waals surface area (Å²) >= 11 is 8.21. The highest BCUT2D eigenvalue weighted by molar-refractivity contribution is 7.19. The lowest BCUT2D eigenvalue weighted by molar-refractivity contribution is -0.138. The smallest absolute Gasteiger partial charge is 0.225 e. The first-order valence-electron chi connectivity index (χ1n) is 8.89. The Morgan fingerprint density at radius 2 is 2.19 bits per heavy atom. The average molecular weight is 415 g/mol. The van der Waals surface area contributed by atoms with Gasteiger partial charge in [0.05, 0.1) is 24.3 Å². The van der Waals surface area contributed by atoms with E-state index < -0.39 is 0 Å². The highest BCUT2D eigenvalue weighted by Gasteiger charge is 2.36. The van der Waals surface area contributed by atoms with Gasteiger partial charge in [-0.05, 0) is 25.3 Å². The van der Waals surface area contributed by atoms with Gasteiger partial charge in [-0.15, -0.1) is 23.7 Å². The predicted molar refractivity (Wildman–Crippen MR) is 109 cm³/mol. The van der Waals surface area contributed by atoms with E-state index in [4.69, 9.17) is 16.3 Å². The number of carbonyl (C=O) groups excluding carboxylic acids is 1. The van der Waals surface area contributed by atoms with Gasteiger partial charge in [0, 0.05) is 40.5 Å². The Morgan fingerprint density at radius 3 is 3.00 bits per heavy atom. The number of hydrogen-bond acceptors (Lipinski definition) is 4. The van der Waals surface area contributed by atoms with E-state index in [2.05, 4.69) is 11.4 Å². The van der Waals surface area contributed by atoms with Crippen molar-refractivity contribution in [3.63, 3.8) is 0 Å². The van der Waals surface area contributed by atoms with E-state index in [1.165, 1.54) is 4.70 Å². The highest BCUT2D eigenvalue weighted by atomic mass is 35.5. The zero-order valence-electron chi connectivity index (χ0n) is 14.7. The molecule has 2 aliphatic rings. The van der Waals surface area contributed by atoms with E-state index in [1.807, 2.05) is 30.1 Å². The SMILES string of the molecule is CN(Cc1sc2ccccc2c1Cl)C(=O)[C@H]1CC[C@H]2OCCN[C@@H]2C1.Cl. The number of morpholine rings is 1.